The minimum absolute atomic E-state index is 0.382. The van der Waals surface area contributed by atoms with E-state index < -0.39 is 11.2 Å². The molecule has 1 unspecified atom stereocenters. The Balaban J connectivity index is 2.44. The number of rotatable bonds is 4. The molecule has 1 aromatic heterocycles. The van der Waals surface area contributed by atoms with Gasteiger partial charge in [0.05, 0.1) is 5.69 Å². The van der Waals surface area contributed by atoms with Crippen molar-refractivity contribution in [2.75, 3.05) is 0 Å². The van der Waals surface area contributed by atoms with Gasteiger partial charge >= 0.3 is 0 Å². The highest BCUT2D eigenvalue weighted by Gasteiger charge is 2.22. The van der Waals surface area contributed by atoms with Crippen LogP contribution < -0.4 is 5.73 Å². The maximum Gasteiger partial charge on any atom is 0.235 e. The second-order valence-corrected chi connectivity index (χ2v) is 5.55. The predicted molar refractivity (Wildman–Crippen MR) is 80.5 cm³/mol. The van der Waals surface area contributed by atoms with Gasteiger partial charge < -0.3 is 5.73 Å². The highest BCUT2D eigenvalue weighted by molar-refractivity contribution is 8.00. The van der Waals surface area contributed by atoms with Crippen molar-refractivity contribution in [2.24, 2.45) is 5.73 Å². The number of hydrogen-bond donors (Lipinski definition) is 1. The summed E-state index contributed by atoms with van der Waals surface area (Å²) in [5.74, 6) is 0.0919. The number of aryl methyl sites for hydroxylation is 2. The van der Waals surface area contributed by atoms with E-state index in [1.165, 1.54) is 11.8 Å². The Morgan fingerprint density at radius 3 is 2.52 bits per heavy atom. The molecule has 5 nitrogen and oxygen atoms in total. The molecule has 2 rings (SSSR count). The van der Waals surface area contributed by atoms with E-state index in [0.717, 1.165) is 5.56 Å². The first-order valence-electron chi connectivity index (χ1n) is 6.29. The zero-order valence-electron chi connectivity index (χ0n) is 11.7. The molecule has 0 aliphatic heterocycles. The molecule has 21 heavy (non-hydrogen) atoms. The molecule has 0 saturated heterocycles. The van der Waals surface area contributed by atoms with Gasteiger partial charge in [-0.25, -0.2) is 9.97 Å². The van der Waals surface area contributed by atoms with Crippen molar-refractivity contribution in [1.82, 2.24) is 9.97 Å². The number of thioether (sulfide) groups is 1. The third kappa shape index (κ3) is 3.38. The Morgan fingerprint density at radius 2 is 1.95 bits per heavy atom. The highest BCUT2D eigenvalue weighted by atomic mass is 32.2. The lowest BCUT2D eigenvalue weighted by molar-refractivity contribution is -0.117. The Bertz CT molecular complexity index is 710. The second kappa shape index (κ2) is 6.37. The third-order valence-corrected chi connectivity index (χ3v) is 4.13. The van der Waals surface area contributed by atoms with E-state index in [4.69, 9.17) is 5.73 Å². The molecule has 6 heteroatoms. The van der Waals surface area contributed by atoms with Crippen molar-refractivity contribution < 1.29 is 4.79 Å². The zero-order chi connectivity index (χ0) is 15.4. The number of hydrogen-bond acceptors (Lipinski definition) is 5. The minimum Gasteiger partial charge on any atom is -0.368 e. The van der Waals surface area contributed by atoms with Crippen LogP contribution in [-0.4, -0.2) is 15.9 Å². The van der Waals surface area contributed by atoms with E-state index in [-0.39, 0.29) is 0 Å². The first-order chi connectivity index (χ1) is 10.0. The summed E-state index contributed by atoms with van der Waals surface area (Å²) < 4.78 is 0. The van der Waals surface area contributed by atoms with Gasteiger partial charge in [0, 0.05) is 0 Å². The van der Waals surface area contributed by atoms with E-state index in [1.54, 1.807) is 13.8 Å². The van der Waals surface area contributed by atoms with Gasteiger partial charge in [-0.2, -0.15) is 5.26 Å². The van der Waals surface area contributed by atoms with Crippen LogP contribution in [0.15, 0.2) is 35.4 Å². The Labute approximate surface area is 127 Å². The fourth-order valence-electron chi connectivity index (χ4n) is 1.93. The number of primary amides is 1. The summed E-state index contributed by atoms with van der Waals surface area (Å²) >= 11 is 1.18. The molecular weight excluding hydrogens is 284 g/mol. The number of carbonyl (C=O) groups excluding carboxylic acids is 1. The molecule has 0 aliphatic carbocycles. The lowest BCUT2D eigenvalue weighted by Gasteiger charge is -2.14. The van der Waals surface area contributed by atoms with Gasteiger partial charge in [0.1, 0.15) is 27.7 Å². The van der Waals surface area contributed by atoms with Crippen LogP contribution in [0.1, 0.15) is 27.9 Å². The molecule has 1 atom stereocenters. The molecule has 0 aliphatic rings. The van der Waals surface area contributed by atoms with Crippen LogP contribution in [0.25, 0.3) is 0 Å². The molecule has 1 aromatic carbocycles. The Morgan fingerprint density at radius 1 is 1.29 bits per heavy atom. The van der Waals surface area contributed by atoms with Gasteiger partial charge in [-0.05, 0) is 19.4 Å². The number of amides is 1. The lowest BCUT2D eigenvalue weighted by atomic mass is 10.1. The highest BCUT2D eigenvalue weighted by Crippen LogP contribution is 2.36. The smallest absolute Gasteiger partial charge is 0.235 e. The van der Waals surface area contributed by atoms with Crippen molar-refractivity contribution in [1.29, 1.82) is 5.26 Å². The summed E-state index contributed by atoms with van der Waals surface area (Å²) in [4.78, 5) is 20.2. The van der Waals surface area contributed by atoms with E-state index in [2.05, 4.69) is 16.0 Å². The van der Waals surface area contributed by atoms with Gasteiger partial charge in [0.25, 0.3) is 0 Å². The number of aromatic nitrogens is 2. The Hall–Kier alpha value is -2.39. The van der Waals surface area contributed by atoms with E-state index in [1.807, 2.05) is 30.3 Å². The number of nitriles is 1. The monoisotopic (exact) mass is 298 g/mol. The summed E-state index contributed by atoms with van der Waals surface area (Å²) in [7, 11) is 0. The van der Waals surface area contributed by atoms with Crippen LogP contribution in [0.5, 0.6) is 0 Å². The first-order valence-corrected chi connectivity index (χ1v) is 7.17. The van der Waals surface area contributed by atoms with Crippen LogP contribution in [0.4, 0.5) is 0 Å². The van der Waals surface area contributed by atoms with Gasteiger partial charge in [-0.3, -0.25) is 4.79 Å². The molecule has 1 heterocycles. The normalized spacial score (nSPS) is 11.7. The molecule has 0 spiro atoms. The maximum atomic E-state index is 11.7. The summed E-state index contributed by atoms with van der Waals surface area (Å²) in [5, 5.41) is 9.14. The molecule has 2 aromatic rings. The number of carbonyl (C=O) groups is 1. The molecule has 0 fully saturated rings. The van der Waals surface area contributed by atoms with Gasteiger partial charge in [-0.1, -0.05) is 42.1 Å². The van der Waals surface area contributed by atoms with Gasteiger partial charge in [0.15, 0.2) is 0 Å². The zero-order valence-corrected chi connectivity index (χ0v) is 12.5. The van der Waals surface area contributed by atoms with E-state index in [0.29, 0.717) is 22.1 Å². The van der Waals surface area contributed by atoms with E-state index >= 15 is 0 Å². The summed E-state index contributed by atoms with van der Waals surface area (Å²) in [5.41, 5.74) is 7.27. The SMILES string of the molecule is Cc1nc(C)c(C#N)c(SC(C(N)=O)c2ccccc2)n1. The van der Waals surface area contributed by atoms with Crippen molar-refractivity contribution >= 4 is 17.7 Å². The van der Waals surface area contributed by atoms with Crippen LogP contribution >= 0.6 is 11.8 Å². The molecular formula is C15H14N4OS. The summed E-state index contributed by atoms with van der Waals surface area (Å²) in [6.45, 7) is 3.50. The fourth-order valence-corrected chi connectivity index (χ4v) is 3.05. The molecule has 1 amide bonds. The minimum atomic E-state index is -0.591. The number of benzene rings is 1. The molecule has 0 radical (unpaired) electrons. The van der Waals surface area contributed by atoms with Crippen LogP contribution in [-0.2, 0) is 4.79 Å². The largest absolute Gasteiger partial charge is 0.368 e. The van der Waals surface area contributed by atoms with Gasteiger partial charge in [0.2, 0.25) is 5.91 Å². The van der Waals surface area contributed by atoms with Crippen molar-refractivity contribution in [3.8, 4) is 6.07 Å². The van der Waals surface area contributed by atoms with Crippen molar-refractivity contribution in [3.05, 3.63) is 53.0 Å². The van der Waals surface area contributed by atoms with Crippen molar-refractivity contribution in [2.45, 2.75) is 24.1 Å². The lowest BCUT2D eigenvalue weighted by Crippen LogP contribution is -2.19. The molecule has 0 saturated carbocycles. The quantitative estimate of drug-likeness (QED) is 0.690. The number of nitrogens with two attached hydrogens (primary N) is 1. The van der Waals surface area contributed by atoms with Crippen molar-refractivity contribution in [3.63, 3.8) is 0 Å². The molecule has 106 valence electrons. The standard InChI is InChI=1S/C15H14N4OS/c1-9-12(8-16)15(19-10(2)18-9)21-13(14(17)20)11-6-4-3-5-7-11/h3-7,13H,1-2H3,(H2,17,20). The summed E-state index contributed by atoms with van der Waals surface area (Å²) in [6, 6.07) is 11.3. The molecule has 2 N–H and O–H groups in total. The average molecular weight is 298 g/mol. The average Bonchev–Trinajstić information content (AvgIpc) is 2.45. The topological polar surface area (TPSA) is 92.7 Å². The second-order valence-electron chi connectivity index (χ2n) is 4.46. The third-order valence-electron chi connectivity index (χ3n) is 2.87. The first kappa shape index (κ1) is 15.0. The van der Waals surface area contributed by atoms with Crippen LogP contribution in [0.3, 0.4) is 0 Å². The van der Waals surface area contributed by atoms with Crippen LogP contribution in [0, 0.1) is 25.2 Å². The number of nitrogens with zero attached hydrogens (tertiary/aromatic N) is 3. The van der Waals surface area contributed by atoms with E-state index in [9.17, 15) is 10.1 Å². The Kier molecular flexibility index (Phi) is 4.55. The van der Waals surface area contributed by atoms with Crippen LogP contribution in [0.2, 0.25) is 0 Å². The fraction of sp³-hybridized carbons (Fsp3) is 0.200. The maximum absolute atomic E-state index is 11.7. The molecule has 0 bridgehead atoms. The van der Waals surface area contributed by atoms with Gasteiger partial charge in [-0.15, -0.1) is 0 Å². The predicted octanol–water partition coefficient (Wildman–Crippen LogP) is 2.28. The summed E-state index contributed by atoms with van der Waals surface area (Å²) in [6.07, 6.45) is 0.